The molecule has 4 heteroatoms. The molecule has 1 unspecified atom stereocenters. The van der Waals surface area contributed by atoms with Gasteiger partial charge in [0.25, 0.3) is 0 Å². The van der Waals surface area contributed by atoms with Gasteiger partial charge in [-0.3, -0.25) is 4.79 Å². The first-order chi connectivity index (χ1) is 12.0. The summed E-state index contributed by atoms with van der Waals surface area (Å²) in [6, 6.07) is 15.7. The molecule has 1 atom stereocenters. The van der Waals surface area contributed by atoms with Crippen molar-refractivity contribution in [3.63, 3.8) is 0 Å². The molecule has 0 saturated heterocycles. The van der Waals surface area contributed by atoms with E-state index in [1.807, 2.05) is 62.4 Å². The lowest BCUT2D eigenvalue weighted by molar-refractivity contribution is -0.122. The number of aryl methyl sites for hydroxylation is 1. The first kappa shape index (κ1) is 17.3. The van der Waals surface area contributed by atoms with Gasteiger partial charge in [0.1, 0.15) is 17.1 Å². The van der Waals surface area contributed by atoms with Crippen LogP contribution >= 0.6 is 0 Å². The molecular weight excluding hydrogens is 314 g/mol. The Morgan fingerprint density at radius 1 is 1.24 bits per heavy atom. The van der Waals surface area contributed by atoms with Crippen LogP contribution in [0.25, 0.3) is 0 Å². The predicted molar refractivity (Wildman–Crippen MR) is 98.0 cm³/mol. The molecule has 2 aromatic rings. The summed E-state index contributed by atoms with van der Waals surface area (Å²) in [6.45, 7) is 4.09. The van der Waals surface area contributed by atoms with Gasteiger partial charge < -0.3 is 14.8 Å². The molecule has 0 fully saturated rings. The number of hydrogen-bond acceptors (Lipinski definition) is 3. The molecule has 132 valence electrons. The van der Waals surface area contributed by atoms with Crippen molar-refractivity contribution >= 4 is 5.91 Å². The Hall–Kier alpha value is -2.49. The van der Waals surface area contributed by atoms with Gasteiger partial charge in [0, 0.05) is 18.4 Å². The SMILES string of the molecule is COc1ccc2c(c1)C(NC(=O)CCc1ccccc1)CC(C)(C)O2. The number of carbonyl (C=O) groups is 1. The highest BCUT2D eigenvalue weighted by Gasteiger charge is 2.34. The second kappa shape index (κ2) is 7.18. The van der Waals surface area contributed by atoms with Crippen molar-refractivity contribution in [1.29, 1.82) is 0 Å². The average Bonchev–Trinajstić information content (AvgIpc) is 2.60. The number of hydrogen-bond donors (Lipinski definition) is 1. The topological polar surface area (TPSA) is 47.6 Å². The van der Waals surface area contributed by atoms with E-state index in [2.05, 4.69) is 5.32 Å². The fourth-order valence-corrected chi connectivity index (χ4v) is 3.26. The quantitative estimate of drug-likeness (QED) is 0.894. The van der Waals surface area contributed by atoms with Gasteiger partial charge in [-0.15, -0.1) is 0 Å². The fourth-order valence-electron chi connectivity index (χ4n) is 3.26. The van der Waals surface area contributed by atoms with Gasteiger partial charge >= 0.3 is 0 Å². The minimum Gasteiger partial charge on any atom is -0.497 e. The summed E-state index contributed by atoms with van der Waals surface area (Å²) in [5.74, 6) is 1.64. The summed E-state index contributed by atoms with van der Waals surface area (Å²) < 4.78 is 11.4. The maximum absolute atomic E-state index is 12.5. The molecule has 0 saturated carbocycles. The van der Waals surface area contributed by atoms with Gasteiger partial charge in [0.2, 0.25) is 5.91 Å². The van der Waals surface area contributed by atoms with Crippen LogP contribution in [0.4, 0.5) is 0 Å². The Balaban J connectivity index is 1.71. The van der Waals surface area contributed by atoms with Gasteiger partial charge in [-0.1, -0.05) is 30.3 Å². The lowest BCUT2D eigenvalue weighted by atomic mass is 9.89. The number of methoxy groups -OCH3 is 1. The van der Waals surface area contributed by atoms with E-state index in [1.54, 1.807) is 7.11 Å². The van der Waals surface area contributed by atoms with E-state index in [0.29, 0.717) is 6.42 Å². The molecule has 1 aliphatic heterocycles. The van der Waals surface area contributed by atoms with E-state index in [9.17, 15) is 4.79 Å². The smallest absolute Gasteiger partial charge is 0.220 e. The third-order valence-electron chi connectivity index (χ3n) is 4.49. The number of benzene rings is 2. The van der Waals surface area contributed by atoms with Crippen molar-refractivity contribution in [2.24, 2.45) is 0 Å². The highest BCUT2D eigenvalue weighted by Crippen LogP contribution is 2.41. The Morgan fingerprint density at radius 2 is 2.00 bits per heavy atom. The molecule has 1 N–H and O–H groups in total. The lowest BCUT2D eigenvalue weighted by Gasteiger charge is -2.38. The standard InChI is InChI=1S/C21H25NO3/c1-21(2)14-18(17-13-16(24-3)10-11-19(17)25-21)22-20(23)12-9-15-7-5-4-6-8-15/h4-8,10-11,13,18H,9,12,14H2,1-3H3,(H,22,23). The van der Waals surface area contributed by atoms with Crippen LogP contribution in [0.5, 0.6) is 11.5 Å². The zero-order valence-electron chi connectivity index (χ0n) is 15.0. The van der Waals surface area contributed by atoms with Crippen molar-refractivity contribution in [2.45, 2.75) is 44.8 Å². The van der Waals surface area contributed by atoms with E-state index in [4.69, 9.17) is 9.47 Å². The number of nitrogens with one attached hydrogen (secondary N) is 1. The monoisotopic (exact) mass is 339 g/mol. The van der Waals surface area contributed by atoms with Crippen molar-refractivity contribution in [3.05, 3.63) is 59.7 Å². The summed E-state index contributed by atoms with van der Waals surface area (Å²) in [5.41, 5.74) is 1.83. The zero-order valence-corrected chi connectivity index (χ0v) is 15.0. The molecule has 1 heterocycles. The minimum atomic E-state index is -0.320. The number of ether oxygens (including phenoxy) is 2. The van der Waals surface area contributed by atoms with Crippen LogP contribution in [0.3, 0.4) is 0 Å². The lowest BCUT2D eigenvalue weighted by Crippen LogP contribution is -2.41. The summed E-state index contributed by atoms with van der Waals surface area (Å²) in [7, 11) is 1.64. The first-order valence-corrected chi connectivity index (χ1v) is 8.67. The largest absolute Gasteiger partial charge is 0.497 e. The van der Waals surface area contributed by atoms with Crippen molar-refractivity contribution < 1.29 is 14.3 Å². The Bertz CT molecular complexity index is 740. The normalized spacial score (nSPS) is 18.0. The Labute approximate surface area is 149 Å². The molecule has 3 rings (SSSR count). The second-order valence-corrected chi connectivity index (χ2v) is 7.08. The highest BCUT2D eigenvalue weighted by molar-refractivity contribution is 5.77. The average molecular weight is 339 g/mol. The molecule has 25 heavy (non-hydrogen) atoms. The zero-order chi connectivity index (χ0) is 17.9. The van der Waals surface area contributed by atoms with E-state index in [1.165, 1.54) is 5.56 Å². The van der Waals surface area contributed by atoms with Crippen molar-refractivity contribution in [3.8, 4) is 11.5 Å². The summed E-state index contributed by atoms with van der Waals surface area (Å²) in [5, 5.41) is 3.18. The van der Waals surface area contributed by atoms with Crippen molar-refractivity contribution in [2.75, 3.05) is 7.11 Å². The summed E-state index contributed by atoms with van der Waals surface area (Å²) >= 11 is 0. The molecule has 0 spiro atoms. The molecule has 1 amide bonds. The number of rotatable bonds is 5. The van der Waals surface area contributed by atoms with Gasteiger partial charge in [0.05, 0.1) is 13.2 Å². The van der Waals surface area contributed by atoms with Crippen LogP contribution in [-0.2, 0) is 11.2 Å². The third kappa shape index (κ3) is 4.32. The van der Waals surface area contributed by atoms with Crippen LogP contribution in [-0.4, -0.2) is 18.6 Å². The molecule has 2 aromatic carbocycles. The van der Waals surface area contributed by atoms with Crippen LogP contribution in [0.1, 0.15) is 43.9 Å². The number of carbonyl (C=O) groups excluding carboxylic acids is 1. The summed E-state index contributed by atoms with van der Waals surface area (Å²) in [4.78, 5) is 12.5. The third-order valence-corrected chi connectivity index (χ3v) is 4.49. The van der Waals surface area contributed by atoms with E-state index < -0.39 is 0 Å². The molecular formula is C21H25NO3. The van der Waals surface area contributed by atoms with E-state index >= 15 is 0 Å². The molecule has 0 aliphatic carbocycles. The molecule has 1 aliphatic rings. The second-order valence-electron chi connectivity index (χ2n) is 7.08. The maximum atomic E-state index is 12.5. The van der Waals surface area contributed by atoms with Crippen LogP contribution in [0.2, 0.25) is 0 Å². The van der Waals surface area contributed by atoms with Gasteiger partial charge in [-0.05, 0) is 44.0 Å². The van der Waals surface area contributed by atoms with Gasteiger partial charge in [-0.25, -0.2) is 0 Å². The maximum Gasteiger partial charge on any atom is 0.220 e. The first-order valence-electron chi connectivity index (χ1n) is 8.67. The molecule has 0 bridgehead atoms. The minimum absolute atomic E-state index is 0.0559. The van der Waals surface area contributed by atoms with Crippen LogP contribution in [0, 0.1) is 0 Å². The fraction of sp³-hybridized carbons (Fsp3) is 0.381. The van der Waals surface area contributed by atoms with Gasteiger partial charge in [-0.2, -0.15) is 0 Å². The number of amides is 1. The molecule has 0 radical (unpaired) electrons. The highest BCUT2D eigenvalue weighted by atomic mass is 16.5. The summed E-state index contributed by atoms with van der Waals surface area (Å²) in [6.07, 6.45) is 1.94. The number of fused-ring (bicyclic) bond motifs is 1. The van der Waals surface area contributed by atoms with E-state index in [-0.39, 0.29) is 17.6 Å². The van der Waals surface area contributed by atoms with Crippen LogP contribution in [0.15, 0.2) is 48.5 Å². The Kier molecular flexibility index (Phi) is 4.98. The molecule has 0 aromatic heterocycles. The molecule has 4 nitrogen and oxygen atoms in total. The Morgan fingerprint density at radius 3 is 2.72 bits per heavy atom. The van der Waals surface area contributed by atoms with E-state index in [0.717, 1.165) is 29.9 Å². The van der Waals surface area contributed by atoms with Crippen LogP contribution < -0.4 is 14.8 Å². The van der Waals surface area contributed by atoms with Crippen molar-refractivity contribution in [1.82, 2.24) is 5.32 Å². The van der Waals surface area contributed by atoms with Gasteiger partial charge in [0.15, 0.2) is 0 Å². The predicted octanol–water partition coefficient (Wildman–Crippen LogP) is 4.05.